The lowest BCUT2D eigenvalue weighted by Crippen LogP contribution is -2.27. The van der Waals surface area contributed by atoms with Crippen LogP contribution in [0.5, 0.6) is 0 Å². The number of rotatable bonds is 5. The summed E-state index contributed by atoms with van der Waals surface area (Å²) in [5.41, 5.74) is 6.41. The summed E-state index contributed by atoms with van der Waals surface area (Å²) in [4.78, 5) is 1.14. The van der Waals surface area contributed by atoms with E-state index in [1.165, 1.54) is 15.6 Å². The predicted octanol–water partition coefficient (Wildman–Crippen LogP) is 1.82. The second-order valence-electron chi connectivity index (χ2n) is 4.32. The van der Waals surface area contributed by atoms with Gasteiger partial charge in [0, 0.05) is 34.9 Å². The quantitative estimate of drug-likeness (QED) is 0.829. The molecule has 0 aliphatic heterocycles. The molecule has 2 aromatic rings. The van der Waals surface area contributed by atoms with Crippen LogP contribution in [0.4, 0.5) is 0 Å². The molecule has 6 nitrogen and oxygen atoms in total. The summed E-state index contributed by atoms with van der Waals surface area (Å²) >= 11 is 4.86. The fraction of sp³-hybridized carbons (Fsp3) is 0.364. The maximum Gasteiger partial charge on any atom is 0.246 e. The van der Waals surface area contributed by atoms with Crippen LogP contribution < -0.4 is 5.73 Å². The highest BCUT2D eigenvalue weighted by Gasteiger charge is 2.28. The Morgan fingerprint density at radius 3 is 2.80 bits per heavy atom. The number of nitrogens with two attached hydrogens (primary N) is 1. The number of hydrogen-bond donors (Lipinski definition) is 2. The molecule has 110 valence electrons. The van der Waals surface area contributed by atoms with Gasteiger partial charge in [0.2, 0.25) is 10.0 Å². The molecule has 2 rings (SSSR count). The summed E-state index contributed by atoms with van der Waals surface area (Å²) in [7, 11) is -2.06. The molecule has 0 saturated carbocycles. The van der Waals surface area contributed by atoms with Crippen LogP contribution >= 0.6 is 27.3 Å². The van der Waals surface area contributed by atoms with Crippen molar-refractivity contribution in [2.45, 2.75) is 24.9 Å². The van der Waals surface area contributed by atoms with Gasteiger partial charge in [-0.3, -0.25) is 5.10 Å². The fourth-order valence-electron chi connectivity index (χ4n) is 1.85. The van der Waals surface area contributed by atoms with Crippen LogP contribution in [0, 0.1) is 6.92 Å². The molecule has 0 bridgehead atoms. The molecular weight excluding hydrogens is 364 g/mol. The molecule has 20 heavy (non-hydrogen) atoms. The van der Waals surface area contributed by atoms with Crippen LogP contribution in [0.2, 0.25) is 0 Å². The largest absolute Gasteiger partial charge is 0.325 e. The summed E-state index contributed by atoms with van der Waals surface area (Å²) in [6.07, 6.45) is 0. The SMILES string of the molecule is Cc1[nH]nc(CN)c1S(=O)(=O)N(C)Cc1cc(Br)cs1. The number of aromatic nitrogens is 2. The van der Waals surface area contributed by atoms with Crippen molar-refractivity contribution in [1.82, 2.24) is 14.5 Å². The molecule has 2 heterocycles. The zero-order valence-electron chi connectivity index (χ0n) is 11.1. The van der Waals surface area contributed by atoms with E-state index in [1.807, 2.05) is 11.4 Å². The maximum absolute atomic E-state index is 12.6. The van der Waals surface area contributed by atoms with Crippen LogP contribution in [0.25, 0.3) is 0 Å². The van der Waals surface area contributed by atoms with Crippen molar-refractivity contribution < 1.29 is 8.42 Å². The van der Waals surface area contributed by atoms with Crippen molar-refractivity contribution in [3.63, 3.8) is 0 Å². The van der Waals surface area contributed by atoms with Gasteiger partial charge in [0.25, 0.3) is 0 Å². The molecule has 0 aliphatic rings. The Morgan fingerprint density at radius 2 is 2.25 bits per heavy atom. The van der Waals surface area contributed by atoms with Gasteiger partial charge in [-0.15, -0.1) is 11.3 Å². The monoisotopic (exact) mass is 378 g/mol. The number of halogens is 1. The zero-order chi connectivity index (χ0) is 14.9. The summed E-state index contributed by atoms with van der Waals surface area (Å²) in [6, 6.07) is 1.91. The standard InChI is InChI=1S/C11H15BrN4O2S2/c1-7-11(10(4-13)15-14-7)20(17,18)16(2)5-9-3-8(12)6-19-9/h3,6H,4-5,13H2,1-2H3,(H,14,15). The summed E-state index contributed by atoms with van der Waals surface area (Å²) in [5.74, 6) is 0. The Bertz CT molecular complexity index is 708. The molecule has 0 saturated heterocycles. The first-order valence-electron chi connectivity index (χ1n) is 5.79. The minimum atomic E-state index is -3.61. The van der Waals surface area contributed by atoms with Crippen molar-refractivity contribution in [2.24, 2.45) is 5.73 Å². The van der Waals surface area contributed by atoms with Gasteiger partial charge in [-0.05, 0) is 28.9 Å². The fourth-order valence-corrected chi connectivity index (χ4v) is 4.91. The van der Waals surface area contributed by atoms with Gasteiger partial charge < -0.3 is 5.73 Å². The van der Waals surface area contributed by atoms with E-state index in [0.29, 0.717) is 17.9 Å². The van der Waals surface area contributed by atoms with Gasteiger partial charge in [-0.1, -0.05) is 0 Å². The number of thiophene rings is 1. The Hall–Kier alpha value is -0.740. The number of nitrogens with one attached hydrogen (secondary N) is 1. The number of sulfonamides is 1. The molecule has 3 N–H and O–H groups in total. The van der Waals surface area contributed by atoms with E-state index in [0.717, 1.165) is 9.35 Å². The lowest BCUT2D eigenvalue weighted by molar-refractivity contribution is 0.468. The number of hydrogen-bond acceptors (Lipinski definition) is 5. The highest BCUT2D eigenvalue weighted by Crippen LogP contribution is 2.25. The second-order valence-corrected chi connectivity index (χ2v) is 8.21. The number of H-pyrrole nitrogens is 1. The Morgan fingerprint density at radius 1 is 1.55 bits per heavy atom. The molecule has 0 radical (unpaired) electrons. The molecule has 0 aromatic carbocycles. The lowest BCUT2D eigenvalue weighted by atomic mass is 10.4. The van der Waals surface area contributed by atoms with E-state index in [1.54, 1.807) is 14.0 Å². The van der Waals surface area contributed by atoms with Crippen molar-refractivity contribution in [2.75, 3.05) is 7.05 Å². The highest BCUT2D eigenvalue weighted by molar-refractivity contribution is 9.10. The average molecular weight is 379 g/mol. The number of nitrogens with zero attached hydrogens (tertiary/aromatic N) is 2. The van der Waals surface area contributed by atoms with E-state index in [4.69, 9.17) is 5.73 Å². The van der Waals surface area contributed by atoms with Crippen molar-refractivity contribution >= 4 is 37.3 Å². The third-order valence-corrected chi connectivity index (χ3v) is 6.51. The molecular formula is C11H15BrN4O2S2. The van der Waals surface area contributed by atoms with E-state index >= 15 is 0 Å². The van der Waals surface area contributed by atoms with Crippen LogP contribution in [-0.4, -0.2) is 30.0 Å². The third-order valence-electron chi connectivity index (χ3n) is 2.82. The molecule has 0 unspecified atom stereocenters. The summed E-state index contributed by atoms with van der Waals surface area (Å²) < 4.78 is 27.5. The topological polar surface area (TPSA) is 92.1 Å². The molecule has 0 spiro atoms. The first kappa shape index (κ1) is 15.6. The van der Waals surface area contributed by atoms with Gasteiger partial charge in [-0.2, -0.15) is 9.40 Å². The van der Waals surface area contributed by atoms with Crippen molar-refractivity contribution in [3.8, 4) is 0 Å². The second kappa shape index (κ2) is 5.94. The first-order valence-corrected chi connectivity index (χ1v) is 8.90. The molecule has 2 aromatic heterocycles. The minimum Gasteiger partial charge on any atom is -0.325 e. The zero-order valence-corrected chi connectivity index (χ0v) is 14.3. The Labute approximate surface area is 130 Å². The smallest absolute Gasteiger partial charge is 0.246 e. The van der Waals surface area contributed by atoms with Gasteiger partial charge in [0.05, 0.1) is 11.4 Å². The molecule has 0 amide bonds. The van der Waals surface area contributed by atoms with E-state index in [-0.39, 0.29) is 11.4 Å². The van der Waals surface area contributed by atoms with Gasteiger partial charge in [0.15, 0.2) is 0 Å². The number of aromatic amines is 1. The first-order chi connectivity index (χ1) is 9.36. The van der Waals surface area contributed by atoms with Crippen molar-refractivity contribution in [3.05, 3.63) is 32.2 Å². The van der Waals surface area contributed by atoms with Gasteiger partial charge >= 0.3 is 0 Å². The lowest BCUT2D eigenvalue weighted by Gasteiger charge is -2.16. The van der Waals surface area contributed by atoms with E-state index in [9.17, 15) is 8.42 Å². The van der Waals surface area contributed by atoms with Crippen LogP contribution in [0.1, 0.15) is 16.3 Å². The minimum absolute atomic E-state index is 0.0806. The summed E-state index contributed by atoms with van der Waals surface area (Å²) in [6.45, 7) is 2.07. The average Bonchev–Trinajstić information content (AvgIpc) is 2.95. The van der Waals surface area contributed by atoms with Crippen LogP contribution in [0.15, 0.2) is 20.8 Å². The van der Waals surface area contributed by atoms with E-state index < -0.39 is 10.0 Å². The van der Waals surface area contributed by atoms with Gasteiger partial charge in [-0.25, -0.2) is 8.42 Å². The van der Waals surface area contributed by atoms with Crippen LogP contribution in [0.3, 0.4) is 0 Å². The molecule has 0 atom stereocenters. The maximum atomic E-state index is 12.6. The molecule has 0 fully saturated rings. The Balaban J connectivity index is 2.32. The number of aryl methyl sites for hydroxylation is 1. The van der Waals surface area contributed by atoms with Gasteiger partial charge in [0.1, 0.15) is 4.90 Å². The Kier molecular flexibility index (Phi) is 4.65. The van der Waals surface area contributed by atoms with Crippen molar-refractivity contribution in [1.29, 1.82) is 0 Å². The van der Waals surface area contributed by atoms with Crippen LogP contribution in [-0.2, 0) is 23.1 Å². The predicted molar refractivity (Wildman–Crippen MR) is 81.9 cm³/mol. The normalized spacial score (nSPS) is 12.2. The molecule has 9 heteroatoms. The third kappa shape index (κ3) is 2.96. The van der Waals surface area contributed by atoms with E-state index in [2.05, 4.69) is 26.1 Å². The highest BCUT2D eigenvalue weighted by atomic mass is 79.9. The summed E-state index contributed by atoms with van der Waals surface area (Å²) in [5, 5.41) is 8.53. The molecule has 0 aliphatic carbocycles.